The number of aromatic nitrogens is 3. The number of para-hydroxylation sites is 1. The van der Waals surface area contributed by atoms with E-state index < -0.39 is 10.0 Å². The molecule has 148 valence electrons. The van der Waals surface area contributed by atoms with Gasteiger partial charge in [-0.05, 0) is 38.0 Å². The zero-order valence-corrected chi connectivity index (χ0v) is 16.8. The van der Waals surface area contributed by atoms with Crippen LogP contribution in [-0.2, 0) is 27.7 Å². The van der Waals surface area contributed by atoms with Crippen LogP contribution in [0.3, 0.4) is 0 Å². The second-order valence-corrected chi connectivity index (χ2v) is 8.81. The van der Waals surface area contributed by atoms with Crippen molar-refractivity contribution in [3.05, 3.63) is 54.0 Å². The van der Waals surface area contributed by atoms with Gasteiger partial charge >= 0.3 is 0 Å². The normalized spacial score (nSPS) is 20.1. The fraction of sp³-hybridized carbons (Fsp3) is 0.400. The summed E-state index contributed by atoms with van der Waals surface area (Å²) in [6, 6.07) is 9.72. The van der Waals surface area contributed by atoms with Crippen molar-refractivity contribution in [2.75, 3.05) is 13.2 Å². The minimum Gasteiger partial charge on any atom is -0.379 e. The number of pyridine rings is 1. The molecule has 0 aliphatic carbocycles. The van der Waals surface area contributed by atoms with Crippen LogP contribution in [0.5, 0.6) is 0 Å². The Balaban J connectivity index is 1.56. The number of nitrogens with one attached hydrogen (secondary N) is 1. The van der Waals surface area contributed by atoms with E-state index in [0.29, 0.717) is 25.5 Å². The van der Waals surface area contributed by atoms with Crippen LogP contribution in [0.25, 0.3) is 10.9 Å². The standard InChI is InChI=1S/C20H24N4O3S/c1-3-24-14(2)20(11-22-24)28(25,26)23-19-13-27-12-16(19)10-15-8-9-21-18-7-5-4-6-17(15)18/h4-9,11,16,19,23H,3,10,12-13H2,1-2H3. The van der Waals surface area contributed by atoms with Crippen LogP contribution >= 0.6 is 0 Å². The van der Waals surface area contributed by atoms with Crippen molar-refractivity contribution < 1.29 is 13.2 Å². The first-order chi connectivity index (χ1) is 13.5. The first-order valence-corrected chi connectivity index (χ1v) is 10.9. The van der Waals surface area contributed by atoms with Gasteiger partial charge in [0, 0.05) is 24.0 Å². The molecule has 3 heterocycles. The minimum atomic E-state index is -3.66. The maximum absolute atomic E-state index is 12.9. The summed E-state index contributed by atoms with van der Waals surface area (Å²) in [5, 5.41) is 5.25. The highest BCUT2D eigenvalue weighted by Crippen LogP contribution is 2.25. The summed E-state index contributed by atoms with van der Waals surface area (Å²) >= 11 is 0. The first-order valence-electron chi connectivity index (χ1n) is 9.44. The molecule has 1 aliphatic rings. The molecule has 3 aromatic rings. The number of hydrogen-bond acceptors (Lipinski definition) is 5. The van der Waals surface area contributed by atoms with Gasteiger partial charge in [-0.3, -0.25) is 9.67 Å². The molecule has 2 atom stereocenters. The lowest BCUT2D eigenvalue weighted by Crippen LogP contribution is -2.40. The molecule has 0 amide bonds. The van der Waals surface area contributed by atoms with Crippen molar-refractivity contribution in [3.8, 4) is 0 Å². The number of rotatable bonds is 6. The molecule has 1 N–H and O–H groups in total. The fourth-order valence-corrected chi connectivity index (χ4v) is 5.29. The van der Waals surface area contributed by atoms with Gasteiger partial charge < -0.3 is 4.74 Å². The van der Waals surface area contributed by atoms with Gasteiger partial charge in [-0.15, -0.1) is 0 Å². The van der Waals surface area contributed by atoms with Crippen LogP contribution in [-0.4, -0.2) is 42.4 Å². The SMILES string of the molecule is CCn1ncc(S(=O)(=O)NC2COCC2Cc2ccnc3ccccc23)c1C. The summed E-state index contributed by atoms with van der Waals surface area (Å²) < 4.78 is 36.0. The van der Waals surface area contributed by atoms with Gasteiger partial charge in [0.2, 0.25) is 10.0 Å². The molecule has 1 fully saturated rings. The van der Waals surface area contributed by atoms with Crippen molar-refractivity contribution in [3.63, 3.8) is 0 Å². The van der Waals surface area contributed by atoms with E-state index in [4.69, 9.17) is 4.74 Å². The van der Waals surface area contributed by atoms with Gasteiger partial charge in [-0.1, -0.05) is 18.2 Å². The Labute approximate surface area is 164 Å². The second-order valence-electron chi connectivity index (χ2n) is 7.13. The predicted molar refractivity (Wildman–Crippen MR) is 107 cm³/mol. The third-order valence-electron chi connectivity index (χ3n) is 5.37. The molecule has 0 bridgehead atoms. The molecule has 1 saturated heterocycles. The zero-order chi connectivity index (χ0) is 19.7. The van der Waals surface area contributed by atoms with Crippen LogP contribution < -0.4 is 4.72 Å². The molecule has 1 aliphatic heterocycles. The number of nitrogens with zero attached hydrogens (tertiary/aromatic N) is 3. The smallest absolute Gasteiger partial charge is 0.244 e. The zero-order valence-electron chi connectivity index (χ0n) is 16.0. The maximum atomic E-state index is 12.9. The van der Waals surface area contributed by atoms with Gasteiger partial charge in [0.05, 0.1) is 36.7 Å². The monoisotopic (exact) mass is 400 g/mol. The average molecular weight is 401 g/mol. The quantitative estimate of drug-likeness (QED) is 0.686. The maximum Gasteiger partial charge on any atom is 0.244 e. The Morgan fingerprint density at radius 1 is 1.25 bits per heavy atom. The summed E-state index contributed by atoms with van der Waals surface area (Å²) in [5.41, 5.74) is 2.74. The van der Waals surface area contributed by atoms with E-state index in [2.05, 4.69) is 20.9 Å². The van der Waals surface area contributed by atoms with Gasteiger partial charge in [0.1, 0.15) is 4.90 Å². The van der Waals surface area contributed by atoms with Crippen LogP contribution in [0.2, 0.25) is 0 Å². The summed E-state index contributed by atoms with van der Waals surface area (Å²) in [4.78, 5) is 4.63. The topological polar surface area (TPSA) is 86.1 Å². The minimum absolute atomic E-state index is 0.0575. The highest BCUT2D eigenvalue weighted by molar-refractivity contribution is 7.89. The molecule has 0 saturated carbocycles. The Morgan fingerprint density at radius 3 is 2.86 bits per heavy atom. The van der Waals surface area contributed by atoms with E-state index in [-0.39, 0.29) is 16.9 Å². The Bertz CT molecular complexity index is 1090. The van der Waals surface area contributed by atoms with E-state index in [1.165, 1.54) is 6.20 Å². The largest absolute Gasteiger partial charge is 0.379 e. The lowest BCUT2D eigenvalue weighted by molar-refractivity contribution is 0.183. The Hall–Kier alpha value is -2.29. The van der Waals surface area contributed by atoms with Crippen molar-refractivity contribution in [2.45, 2.75) is 37.8 Å². The Kier molecular flexibility index (Phi) is 5.18. The van der Waals surface area contributed by atoms with Crippen molar-refractivity contribution in [1.82, 2.24) is 19.5 Å². The number of benzene rings is 1. The highest BCUT2D eigenvalue weighted by atomic mass is 32.2. The molecule has 2 aromatic heterocycles. The third kappa shape index (κ3) is 3.55. The predicted octanol–water partition coefficient (Wildman–Crippen LogP) is 2.30. The van der Waals surface area contributed by atoms with Crippen molar-refractivity contribution in [2.24, 2.45) is 5.92 Å². The lowest BCUT2D eigenvalue weighted by Gasteiger charge is -2.19. The number of fused-ring (bicyclic) bond motifs is 1. The van der Waals surface area contributed by atoms with Gasteiger partial charge in [-0.25, -0.2) is 13.1 Å². The van der Waals surface area contributed by atoms with Gasteiger partial charge in [0.25, 0.3) is 0 Å². The van der Waals surface area contributed by atoms with Crippen LogP contribution in [0, 0.1) is 12.8 Å². The summed E-state index contributed by atoms with van der Waals surface area (Å²) in [6.07, 6.45) is 3.95. The van der Waals surface area contributed by atoms with E-state index in [1.54, 1.807) is 17.8 Å². The molecule has 28 heavy (non-hydrogen) atoms. The lowest BCUT2D eigenvalue weighted by atomic mass is 9.93. The van der Waals surface area contributed by atoms with E-state index in [9.17, 15) is 8.42 Å². The summed E-state index contributed by atoms with van der Waals surface area (Å²) in [6.45, 7) is 5.23. The number of ether oxygens (including phenoxy) is 1. The molecule has 2 unspecified atom stereocenters. The fourth-order valence-electron chi connectivity index (χ4n) is 3.82. The van der Waals surface area contributed by atoms with Crippen LogP contribution in [0.4, 0.5) is 0 Å². The molecule has 7 nitrogen and oxygen atoms in total. The summed E-state index contributed by atoms with van der Waals surface area (Å²) in [5.74, 6) is 0.0575. The van der Waals surface area contributed by atoms with Crippen molar-refractivity contribution in [1.29, 1.82) is 0 Å². The Morgan fingerprint density at radius 2 is 2.07 bits per heavy atom. The highest BCUT2D eigenvalue weighted by Gasteiger charge is 2.33. The number of hydrogen-bond donors (Lipinski definition) is 1. The molecule has 0 radical (unpaired) electrons. The average Bonchev–Trinajstić information content (AvgIpc) is 3.28. The molecular weight excluding hydrogens is 376 g/mol. The second kappa shape index (κ2) is 7.62. The van der Waals surface area contributed by atoms with E-state index in [0.717, 1.165) is 22.9 Å². The summed E-state index contributed by atoms with van der Waals surface area (Å²) in [7, 11) is -3.66. The molecule has 1 aromatic carbocycles. The number of sulfonamides is 1. The van der Waals surface area contributed by atoms with Gasteiger partial charge in [-0.2, -0.15) is 5.10 Å². The first kappa shape index (κ1) is 19.0. The van der Waals surface area contributed by atoms with Crippen LogP contribution in [0.15, 0.2) is 47.6 Å². The molecule has 4 rings (SSSR count). The van der Waals surface area contributed by atoms with E-state index >= 15 is 0 Å². The van der Waals surface area contributed by atoms with E-state index in [1.807, 2.05) is 31.2 Å². The number of aryl methyl sites for hydroxylation is 1. The molecular formula is C20H24N4O3S. The van der Waals surface area contributed by atoms with Crippen molar-refractivity contribution >= 4 is 20.9 Å². The van der Waals surface area contributed by atoms with Gasteiger partial charge in [0.15, 0.2) is 0 Å². The molecule has 0 spiro atoms. The third-order valence-corrected chi connectivity index (χ3v) is 6.97. The van der Waals surface area contributed by atoms with Crippen LogP contribution in [0.1, 0.15) is 18.2 Å². The molecule has 8 heteroatoms.